The SMILES string of the molecule is CCN1CCC2(CC1)OC(=O)C(C)=C2C(=O)NCCNc1ccc(C(F)(F)F)cc1. The van der Waals surface area contributed by atoms with E-state index in [0.717, 1.165) is 31.8 Å². The Morgan fingerprint density at radius 3 is 2.37 bits per heavy atom. The van der Waals surface area contributed by atoms with Crippen molar-refractivity contribution in [3.05, 3.63) is 41.0 Å². The first-order chi connectivity index (χ1) is 14.2. The zero-order valence-corrected chi connectivity index (χ0v) is 17.1. The van der Waals surface area contributed by atoms with Gasteiger partial charge in [-0.3, -0.25) is 4.79 Å². The lowest BCUT2D eigenvalue weighted by Crippen LogP contribution is -2.49. The van der Waals surface area contributed by atoms with Crippen molar-refractivity contribution in [2.45, 2.75) is 38.5 Å². The number of esters is 1. The molecule has 6 nitrogen and oxygen atoms in total. The summed E-state index contributed by atoms with van der Waals surface area (Å²) in [5.74, 6) is -0.787. The van der Waals surface area contributed by atoms with E-state index in [4.69, 9.17) is 4.74 Å². The molecule has 0 unspecified atom stereocenters. The summed E-state index contributed by atoms with van der Waals surface area (Å²) < 4.78 is 43.5. The molecule has 1 amide bonds. The molecule has 30 heavy (non-hydrogen) atoms. The Morgan fingerprint density at radius 1 is 1.17 bits per heavy atom. The molecule has 164 valence electrons. The number of piperidine rings is 1. The Morgan fingerprint density at radius 2 is 1.80 bits per heavy atom. The summed E-state index contributed by atoms with van der Waals surface area (Å²) in [5.41, 5.74) is -0.312. The molecule has 1 fully saturated rings. The molecular weight excluding hydrogens is 399 g/mol. The van der Waals surface area contributed by atoms with Gasteiger partial charge in [0.1, 0.15) is 5.60 Å². The highest BCUT2D eigenvalue weighted by molar-refractivity contribution is 6.07. The summed E-state index contributed by atoms with van der Waals surface area (Å²) in [6, 6.07) is 4.70. The average Bonchev–Trinajstić information content (AvgIpc) is 2.95. The number of amides is 1. The van der Waals surface area contributed by atoms with E-state index in [1.165, 1.54) is 12.1 Å². The summed E-state index contributed by atoms with van der Waals surface area (Å²) in [6.45, 7) is 6.67. The molecule has 0 aromatic heterocycles. The number of likely N-dealkylation sites (tertiary alicyclic amines) is 1. The summed E-state index contributed by atoms with van der Waals surface area (Å²) in [4.78, 5) is 27.2. The number of nitrogens with one attached hydrogen (secondary N) is 2. The van der Waals surface area contributed by atoms with Crippen molar-refractivity contribution in [2.75, 3.05) is 38.0 Å². The molecule has 1 aromatic rings. The predicted molar refractivity (Wildman–Crippen MR) is 106 cm³/mol. The third-order valence-electron chi connectivity index (χ3n) is 5.71. The Labute approximate surface area is 173 Å². The Kier molecular flexibility index (Phi) is 6.40. The van der Waals surface area contributed by atoms with Crippen molar-refractivity contribution in [1.82, 2.24) is 10.2 Å². The summed E-state index contributed by atoms with van der Waals surface area (Å²) in [5, 5.41) is 5.76. The van der Waals surface area contributed by atoms with Gasteiger partial charge in [-0.2, -0.15) is 13.2 Å². The summed E-state index contributed by atoms with van der Waals surface area (Å²) in [7, 11) is 0. The first-order valence-electron chi connectivity index (χ1n) is 10.0. The molecule has 1 aromatic carbocycles. The number of carbonyl (C=O) groups is 2. The van der Waals surface area contributed by atoms with Gasteiger partial charge in [0.2, 0.25) is 0 Å². The zero-order chi connectivity index (χ0) is 21.9. The molecule has 0 bridgehead atoms. The lowest BCUT2D eigenvalue weighted by atomic mass is 9.82. The van der Waals surface area contributed by atoms with Crippen LogP contribution in [0.1, 0.15) is 32.3 Å². The molecule has 2 N–H and O–H groups in total. The molecule has 1 spiro atoms. The molecule has 0 aliphatic carbocycles. The van der Waals surface area contributed by atoms with Crippen LogP contribution in [0.15, 0.2) is 35.4 Å². The monoisotopic (exact) mass is 425 g/mol. The molecule has 3 rings (SSSR count). The van der Waals surface area contributed by atoms with E-state index in [-0.39, 0.29) is 12.5 Å². The molecule has 2 heterocycles. The Hall–Kier alpha value is -2.55. The lowest BCUT2D eigenvalue weighted by Gasteiger charge is -2.39. The fourth-order valence-corrected chi connectivity index (χ4v) is 3.96. The molecule has 2 aliphatic rings. The van der Waals surface area contributed by atoms with Crippen LogP contribution < -0.4 is 10.6 Å². The summed E-state index contributed by atoms with van der Waals surface area (Å²) in [6.07, 6.45) is -3.21. The fourth-order valence-electron chi connectivity index (χ4n) is 3.96. The minimum absolute atomic E-state index is 0.252. The van der Waals surface area contributed by atoms with Crippen LogP contribution in [-0.4, -0.2) is 55.1 Å². The van der Waals surface area contributed by atoms with Crippen molar-refractivity contribution in [2.24, 2.45) is 0 Å². The normalized spacial score (nSPS) is 19.2. The first-order valence-corrected chi connectivity index (χ1v) is 10.0. The number of halogens is 3. The van der Waals surface area contributed by atoms with Crippen LogP contribution in [0, 0.1) is 0 Å². The second-order valence-corrected chi connectivity index (χ2v) is 7.58. The maximum atomic E-state index is 12.8. The Bertz CT molecular complexity index is 826. The molecule has 0 atom stereocenters. The van der Waals surface area contributed by atoms with Crippen LogP contribution in [-0.2, 0) is 20.5 Å². The van der Waals surface area contributed by atoms with Crippen LogP contribution in [0.25, 0.3) is 0 Å². The van der Waals surface area contributed by atoms with E-state index < -0.39 is 23.3 Å². The van der Waals surface area contributed by atoms with Crippen LogP contribution in [0.3, 0.4) is 0 Å². The maximum Gasteiger partial charge on any atom is 0.416 e. The van der Waals surface area contributed by atoms with Gasteiger partial charge in [0.25, 0.3) is 5.91 Å². The highest BCUT2D eigenvalue weighted by Crippen LogP contribution is 2.41. The second kappa shape index (κ2) is 8.67. The van der Waals surface area contributed by atoms with Crippen molar-refractivity contribution in [3.8, 4) is 0 Å². The van der Waals surface area contributed by atoms with Crippen molar-refractivity contribution in [3.63, 3.8) is 0 Å². The topological polar surface area (TPSA) is 70.7 Å². The smallest absolute Gasteiger partial charge is 0.416 e. The van der Waals surface area contributed by atoms with Gasteiger partial charge in [0.05, 0.1) is 11.1 Å². The van der Waals surface area contributed by atoms with Crippen LogP contribution in [0.5, 0.6) is 0 Å². The standard InChI is InChI=1S/C21H26F3N3O3/c1-3-27-12-8-20(9-13-27)17(14(2)19(29)30-20)18(28)26-11-10-25-16-6-4-15(5-7-16)21(22,23)24/h4-7,25H,3,8-13H2,1-2H3,(H,26,28). The molecule has 1 saturated heterocycles. The van der Waals surface area contributed by atoms with Crippen LogP contribution in [0.4, 0.5) is 18.9 Å². The third-order valence-corrected chi connectivity index (χ3v) is 5.71. The van der Waals surface area contributed by atoms with E-state index in [0.29, 0.717) is 36.2 Å². The molecule has 2 aliphatic heterocycles. The quantitative estimate of drug-likeness (QED) is 0.542. The second-order valence-electron chi connectivity index (χ2n) is 7.58. The number of nitrogens with zero attached hydrogens (tertiary/aromatic N) is 1. The third kappa shape index (κ3) is 4.61. The van der Waals surface area contributed by atoms with Gasteiger partial charge >= 0.3 is 12.1 Å². The van der Waals surface area contributed by atoms with Gasteiger partial charge in [-0.25, -0.2) is 4.79 Å². The molecule has 0 saturated carbocycles. The van der Waals surface area contributed by atoms with Crippen molar-refractivity contribution in [1.29, 1.82) is 0 Å². The molecule has 0 radical (unpaired) electrons. The van der Waals surface area contributed by atoms with Gasteiger partial charge in [-0.1, -0.05) is 6.92 Å². The number of carbonyl (C=O) groups excluding carboxylic acids is 2. The predicted octanol–water partition coefficient (Wildman–Crippen LogP) is 2.96. The number of ether oxygens (including phenoxy) is 1. The maximum absolute atomic E-state index is 12.8. The van der Waals surface area contributed by atoms with E-state index in [2.05, 4.69) is 22.5 Å². The van der Waals surface area contributed by atoms with E-state index >= 15 is 0 Å². The number of hydrogen-bond donors (Lipinski definition) is 2. The molecular formula is C21H26F3N3O3. The minimum Gasteiger partial charge on any atom is -0.450 e. The Balaban J connectivity index is 1.55. The van der Waals surface area contributed by atoms with Crippen LogP contribution in [0.2, 0.25) is 0 Å². The van der Waals surface area contributed by atoms with Gasteiger partial charge in [0.15, 0.2) is 0 Å². The minimum atomic E-state index is -4.37. The number of benzene rings is 1. The van der Waals surface area contributed by atoms with Gasteiger partial charge in [-0.05, 0) is 37.7 Å². The highest BCUT2D eigenvalue weighted by Gasteiger charge is 2.50. The highest BCUT2D eigenvalue weighted by atomic mass is 19.4. The van der Waals surface area contributed by atoms with Crippen molar-refractivity contribution < 1.29 is 27.5 Å². The summed E-state index contributed by atoms with van der Waals surface area (Å²) >= 11 is 0. The van der Waals surface area contributed by atoms with E-state index in [1.807, 2.05) is 0 Å². The zero-order valence-electron chi connectivity index (χ0n) is 17.1. The van der Waals surface area contributed by atoms with Gasteiger partial charge < -0.3 is 20.3 Å². The number of anilines is 1. The number of hydrogen-bond acceptors (Lipinski definition) is 5. The fraction of sp³-hybridized carbons (Fsp3) is 0.524. The van der Waals surface area contributed by atoms with E-state index in [1.54, 1.807) is 6.92 Å². The molecule has 9 heteroatoms. The van der Waals surface area contributed by atoms with Crippen molar-refractivity contribution >= 4 is 17.6 Å². The van der Waals surface area contributed by atoms with Gasteiger partial charge in [-0.15, -0.1) is 0 Å². The largest absolute Gasteiger partial charge is 0.450 e. The number of rotatable bonds is 6. The first kappa shape index (κ1) is 22.1. The van der Waals surface area contributed by atoms with Gasteiger partial charge in [0, 0.05) is 50.3 Å². The lowest BCUT2D eigenvalue weighted by molar-refractivity contribution is -0.150. The average molecular weight is 425 g/mol. The van der Waals surface area contributed by atoms with Crippen LogP contribution >= 0.6 is 0 Å². The van der Waals surface area contributed by atoms with E-state index in [9.17, 15) is 22.8 Å². The number of alkyl halides is 3.